The minimum absolute atomic E-state index is 0.127. The van der Waals surface area contributed by atoms with Crippen LogP contribution in [0.3, 0.4) is 0 Å². The van der Waals surface area contributed by atoms with Gasteiger partial charge in [0.2, 0.25) is 5.91 Å². The summed E-state index contributed by atoms with van der Waals surface area (Å²) in [5, 5.41) is 2.96. The van der Waals surface area contributed by atoms with Gasteiger partial charge in [-0.25, -0.2) is 0 Å². The van der Waals surface area contributed by atoms with E-state index in [1.165, 1.54) is 0 Å². The van der Waals surface area contributed by atoms with Gasteiger partial charge in [-0.1, -0.05) is 6.08 Å². The highest BCUT2D eigenvalue weighted by atomic mass is 16.5. The smallest absolute Gasteiger partial charge is 0.227 e. The predicted octanol–water partition coefficient (Wildman–Crippen LogP) is -0.780. The van der Waals surface area contributed by atoms with Crippen LogP contribution in [-0.2, 0) is 9.53 Å². The Hall–Kier alpha value is -1.03. The van der Waals surface area contributed by atoms with E-state index in [9.17, 15) is 4.79 Å². The van der Waals surface area contributed by atoms with E-state index >= 15 is 0 Å². The summed E-state index contributed by atoms with van der Waals surface area (Å²) in [5.74, 6) is -0.629. The van der Waals surface area contributed by atoms with E-state index in [4.69, 9.17) is 10.5 Å². The molecule has 3 N–H and O–H groups in total. The number of nitrogens with two attached hydrogens (primary N) is 1. The molecule has 0 fully saturated rings. The van der Waals surface area contributed by atoms with Gasteiger partial charge < -0.3 is 15.8 Å². The molecule has 0 saturated carbocycles. The fourth-order valence-corrected chi connectivity index (χ4v) is 1.11. The Labute approximate surface area is 65.4 Å². The number of primary amides is 1. The molecule has 1 aliphatic rings. The second-order valence-corrected chi connectivity index (χ2v) is 2.47. The molecule has 1 heterocycles. The first-order valence-electron chi connectivity index (χ1n) is 3.48. The number of hydrogen-bond donors (Lipinski definition) is 2. The van der Waals surface area contributed by atoms with Crippen LogP contribution >= 0.6 is 0 Å². The summed E-state index contributed by atoms with van der Waals surface area (Å²) in [6.07, 6.45) is 3.32. The van der Waals surface area contributed by atoms with Crippen LogP contribution in [0, 0.1) is 5.92 Å². The molecule has 2 atom stereocenters. The van der Waals surface area contributed by atoms with Gasteiger partial charge >= 0.3 is 0 Å². The maximum absolute atomic E-state index is 10.8. The summed E-state index contributed by atoms with van der Waals surface area (Å²) in [5.41, 5.74) is 5.14. The lowest BCUT2D eigenvalue weighted by molar-refractivity contribution is -0.124. The molecule has 0 bridgehead atoms. The van der Waals surface area contributed by atoms with Crippen LogP contribution in [0.5, 0.6) is 0 Å². The topological polar surface area (TPSA) is 64.3 Å². The third kappa shape index (κ3) is 1.71. The number of carbonyl (C=O) groups excluding carboxylic acids is 1. The van der Waals surface area contributed by atoms with Gasteiger partial charge in [0.25, 0.3) is 0 Å². The first-order chi connectivity index (χ1) is 5.25. The fraction of sp³-hybridized carbons (Fsp3) is 0.571. The largest absolute Gasteiger partial charge is 0.388 e. The van der Waals surface area contributed by atoms with Crippen molar-refractivity contribution in [2.75, 3.05) is 13.7 Å². The molecule has 4 nitrogen and oxygen atoms in total. The summed E-state index contributed by atoms with van der Waals surface area (Å²) in [7, 11) is 1.57. The molecule has 0 aromatic carbocycles. The van der Waals surface area contributed by atoms with Gasteiger partial charge in [-0.05, 0) is 6.20 Å². The Morgan fingerprint density at radius 2 is 2.55 bits per heavy atom. The van der Waals surface area contributed by atoms with Crippen molar-refractivity contribution in [3.05, 3.63) is 12.3 Å². The zero-order valence-corrected chi connectivity index (χ0v) is 6.41. The van der Waals surface area contributed by atoms with Crippen LogP contribution in [0.25, 0.3) is 0 Å². The highest BCUT2D eigenvalue weighted by Gasteiger charge is 2.25. The first kappa shape index (κ1) is 8.07. The van der Waals surface area contributed by atoms with Crippen molar-refractivity contribution in [1.82, 2.24) is 5.32 Å². The molecule has 0 saturated heterocycles. The van der Waals surface area contributed by atoms with E-state index < -0.39 is 0 Å². The molecular weight excluding hydrogens is 144 g/mol. The SMILES string of the molecule is COC1CNC=CC1C(N)=O. The molecule has 4 heteroatoms. The Morgan fingerprint density at radius 3 is 3.00 bits per heavy atom. The molecule has 2 unspecified atom stereocenters. The quantitative estimate of drug-likeness (QED) is 0.551. The van der Waals surface area contributed by atoms with Crippen molar-refractivity contribution in [2.45, 2.75) is 6.10 Å². The molecule has 11 heavy (non-hydrogen) atoms. The molecule has 0 aromatic rings. The maximum atomic E-state index is 10.8. The monoisotopic (exact) mass is 156 g/mol. The number of ether oxygens (including phenoxy) is 1. The molecule has 1 amide bonds. The van der Waals surface area contributed by atoms with Gasteiger partial charge in [0, 0.05) is 13.7 Å². The summed E-state index contributed by atoms with van der Waals surface area (Å²) < 4.78 is 5.05. The molecule has 0 spiro atoms. The minimum atomic E-state index is -0.338. The Kier molecular flexibility index (Phi) is 2.48. The molecular formula is C7H12N2O2. The number of hydrogen-bond acceptors (Lipinski definition) is 3. The van der Waals surface area contributed by atoms with E-state index in [-0.39, 0.29) is 17.9 Å². The standard InChI is InChI=1S/C7H12N2O2/c1-11-6-4-9-3-2-5(6)7(8)10/h2-3,5-6,9H,4H2,1H3,(H2,8,10). The van der Waals surface area contributed by atoms with E-state index in [0.717, 1.165) is 0 Å². The summed E-state index contributed by atoms with van der Waals surface area (Å²) >= 11 is 0. The molecule has 0 radical (unpaired) electrons. The van der Waals surface area contributed by atoms with Crippen molar-refractivity contribution < 1.29 is 9.53 Å². The van der Waals surface area contributed by atoms with E-state index in [1.54, 1.807) is 19.4 Å². The zero-order chi connectivity index (χ0) is 8.27. The maximum Gasteiger partial charge on any atom is 0.227 e. The normalized spacial score (nSPS) is 29.5. The number of amides is 1. The fourth-order valence-electron chi connectivity index (χ4n) is 1.11. The average molecular weight is 156 g/mol. The molecule has 1 aliphatic heterocycles. The van der Waals surface area contributed by atoms with Crippen LogP contribution in [0.2, 0.25) is 0 Å². The lowest BCUT2D eigenvalue weighted by Crippen LogP contribution is -2.41. The second-order valence-electron chi connectivity index (χ2n) is 2.47. The summed E-state index contributed by atoms with van der Waals surface area (Å²) in [6.45, 7) is 0.639. The Morgan fingerprint density at radius 1 is 1.82 bits per heavy atom. The summed E-state index contributed by atoms with van der Waals surface area (Å²) in [6, 6.07) is 0. The molecule has 62 valence electrons. The summed E-state index contributed by atoms with van der Waals surface area (Å²) in [4.78, 5) is 10.8. The number of methoxy groups -OCH3 is 1. The number of rotatable bonds is 2. The first-order valence-corrected chi connectivity index (χ1v) is 3.48. The van der Waals surface area contributed by atoms with Gasteiger partial charge in [-0.2, -0.15) is 0 Å². The van der Waals surface area contributed by atoms with Crippen LogP contribution < -0.4 is 11.1 Å². The van der Waals surface area contributed by atoms with E-state index in [2.05, 4.69) is 5.32 Å². The van der Waals surface area contributed by atoms with Gasteiger partial charge in [-0.15, -0.1) is 0 Å². The Bertz CT molecular complexity index is 179. The van der Waals surface area contributed by atoms with Gasteiger partial charge in [-0.3, -0.25) is 4.79 Å². The van der Waals surface area contributed by atoms with Gasteiger partial charge in [0.1, 0.15) is 0 Å². The van der Waals surface area contributed by atoms with Crippen molar-refractivity contribution in [3.63, 3.8) is 0 Å². The highest BCUT2D eigenvalue weighted by molar-refractivity contribution is 5.79. The molecule has 1 rings (SSSR count). The van der Waals surface area contributed by atoms with Crippen LogP contribution in [-0.4, -0.2) is 25.7 Å². The second kappa shape index (κ2) is 3.39. The average Bonchev–Trinajstić information content (AvgIpc) is 2.04. The van der Waals surface area contributed by atoms with Gasteiger partial charge in [0.05, 0.1) is 12.0 Å². The number of nitrogens with one attached hydrogen (secondary N) is 1. The van der Waals surface area contributed by atoms with E-state index in [1.807, 2.05) is 0 Å². The zero-order valence-electron chi connectivity index (χ0n) is 6.41. The Balaban J connectivity index is 2.64. The van der Waals surface area contributed by atoms with Gasteiger partial charge in [0.15, 0.2) is 0 Å². The van der Waals surface area contributed by atoms with Crippen molar-refractivity contribution in [1.29, 1.82) is 0 Å². The molecule has 0 aromatic heterocycles. The molecule has 0 aliphatic carbocycles. The lowest BCUT2D eigenvalue weighted by atomic mass is 9.99. The number of carbonyl (C=O) groups is 1. The van der Waals surface area contributed by atoms with Crippen LogP contribution in [0.4, 0.5) is 0 Å². The van der Waals surface area contributed by atoms with Crippen molar-refractivity contribution in [2.24, 2.45) is 11.7 Å². The predicted molar refractivity (Wildman–Crippen MR) is 40.6 cm³/mol. The minimum Gasteiger partial charge on any atom is -0.388 e. The van der Waals surface area contributed by atoms with E-state index in [0.29, 0.717) is 6.54 Å². The lowest BCUT2D eigenvalue weighted by Gasteiger charge is -2.24. The van der Waals surface area contributed by atoms with Crippen molar-refractivity contribution in [3.8, 4) is 0 Å². The van der Waals surface area contributed by atoms with Crippen LogP contribution in [0.1, 0.15) is 0 Å². The van der Waals surface area contributed by atoms with Crippen LogP contribution in [0.15, 0.2) is 12.3 Å². The third-order valence-corrected chi connectivity index (χ3v) is 1.77. The third-order valence-electron chi connectivity index (χ3n) is 1.77. The highest BCUT2D eigenvalue weighted by Crippen LogP contribution is 2.10. The van der Waals surface area contributed by atoms with Crippen molar-refractivity contribution >= 4 is 5.91 Å².